The van der Waals surface area contributed by atoms with Crippen LogP contribution in [0.1, 0.15) is 59.1 Å². The number of hydrogen-bond donors (Lipinski definition) is 2. The Morgan fingerprint density at radius 1 is 1.19 bits per heavy atom. The number of nitrogens with one attached hydrogen (secondary N) is 1. The molecular weight excluding hydrogens is 260 g/mol. The third-order valence-corrected chi connectivity index (χ3v) is 3.85. The first kappa shape index (κ1) is 17.7. The van der Waals surface area contributed by atoms with E-state index in [9.17, 15) is 4.79 Å². The molecule has 0 bridgehead atoms. The van der Waals surface area contributed by atoms with Crippen molar-refractivity contribution in [2.75, 3.05) is 0 Å². The predicted molar refractivity (Wildman–Crippen MR) is 88.8 cm³/mol. The van der Waals surface area contributed by atoms with Gasteiger partial charge < -0.3 is 11.1 Å². The van der Waals surface area contributed by atoms with E-state index in [2.05, 4.69) is 33.0 Å². The van der Waals surface area contributed by atoms with Crippen molar-refractivity contribution in [2.45, 2.75) is 59.5 Å². The highest BCUT2D eigenvalue weighted by Crippen LogP contribution is 2.22. The van der Waals surface area contributed by atoms with Gasteiger partial charge in [-0.2, -0.15) is 0 Å². The molecule has 3 nitrogen and oxygen atoms in total. The second-order valence-corrected chi connectivity index (χ2v) is 7.23. The third kappa shape index (κ3) is 6.30. The predicted octanol–water partition coefficient (Wildman–Crippen LogP) is 3.65. The molecule has 3 unspecified atom stereocenters. The molecule has 1 rings (SSSR count). The molecule has 0 radical (unpaired) electrons. The van der Waals surface area contributed by atoms with Gasteiger partial charge in [-0.05, 0) is 30.7 Å². The number of nitrogens with two attached hydrogens (primary N) is 1. The summed E-state index contributed by atoms with van der Waals surface area (Å²) < 4.78 is 0. The Labute approximate surface area is 129 Å². The maximum atomic E-state index is 12.3. The summed E-state index contributed by atoms with van der Waals surface area (Å²) in [4.78, 5) is 12.3. The Balaban J connectivity index is 2.51. The van der Waals surface area contributed by atoms with E-state index in [-0.39, 0.29) is 23.9 Å². The average molecular weight is 290 g/mol. The second-order valence-electron chi connectivity index (χ2n) is 7.23. The molecule has 0 aliphatic rings. The van der Waals surface area contributed by atoms with Gasteiger partial charge >= 0.3 is 0 Å². The van der Waals surface area contributed by atoms with Crippen LogP contribution in [-0.4, -0.2) is 11.9 Å². The van der Waals surface area contributed by atoms with Crippen LogP contribution in [0, 0.1) is 11.3 Å². The highest BCUT2D eigenvalue weighted by molar-refractivity contribution is 5.79. The summed E-state index contributed by atoms with van der Waals surface area (Å²) in [5, 5.41) is 3.08. The number of rotatable bonds is 6. The normalized spacial score (nSPS) is 16.1. The van der Waals surface area contributed by atoms with Crippen LogP contribution in [0.25, 0.3) is 0 Å². The Morgan fingerprint density at radius 3 is 2.29 bits per heavy atom. The summed E-state index contributed by atoms with van der Waals surface area (Å²) >= 11 is 0. The van der Waals surface area contributed by atoms with Gasteiger partial charge in [-0.1, -0.05) is 58.0 Å². The Kier molecular flexibility index (Phi) is 6.41. The number of benzene rings is 1. The molecule has 0 saturated carbocycles. The first-order valence-corrected chi connectivity index (χ1v) is 7.81. The van der Waals surface area contributed by atoms with Crippen molar-refractivity contribution >= 4 is 5.91 Å². The van der Waals surface area contributed by atoms with Crippen LogP contribution in [0.3, 0.4) is 0 Å². The van der Waals surface area contributed by atoms with Crippen molar-refractivity contribution in [1.82, 2.24) is 5.32 Å². The molecule has 1 amide bonds. The van der Waals surface area contributed by atoms with Crippen molar-refractivity contribution in [1.29, 1.82) is 0 Å². The smallest absolute Gasteiger partial charge is 0.224 e. The maximum absolute atomic E-state index is 12.3. The van der Waals surface area contributed by atoms with Gasteiger partial charge in [-0.15, -0.1) is 0 Å². The average Bonchev–Trinajstić information content (AvgIpc) is 2.43. The van der Waals surface area contributed by atoms with E-state index in [0.717, 1.165) is 18.4 Å². The van der Waals surface area contributed by atoms with E-state index >= 15 is 0 Å². The number of carbonyl (C=O) groups is 1. The molecule has 0 saturated heterocycles. The lowest BCUT2D eigenvalue weighted by Gasteiger charge is -2.24. The Bertz CT molecular complexity index is 436. The largest absolute Gasteiger partial charge is 0.353 e. The Morgan fingerprint density at radius 2 is 1.76 bits per heavy atom. The van der Waals surface area contributed by atoms with Crippen LogP contribution in [-0.2, 0) is 4.79 Å². The van der Waals surface area contributed by atoms with Gasteiger partial charge in [0.1, 0.15) is 0 Å². The van der Waals surface area contributed by atoms with Gasteiger partial charge in [-0.25, -0.2) is 0 Å². The summed E-state index contributed by atoms with van der Waals surface area (Å²) in [7, 11) is 0. The molecule has 0 aromatic heterocycles. The van der Waals surface area contributed by atoms with Crippen molar-refractivity contribution in [3.8, 4) is 0 Å². The lowest BCUT2D eigenvalue weighted by atomic mass is 9.88. The topological polar surface area (TPSA) is 55.1 Å². The first-order valence-electron chi connectivity index (χ1n) is 7.81. The number of carbonyl (C=O) groups excluding carboxylic acids is 1. The molecule has 1 aromatic carbocycles. The van der Waals surface area contributed by atoms with Crippen molar-refractivity contribution in [3.63, 3.8) is 0 Å². The van der Waals surface area contributed by atoms with Crippen LogP contribution >= 0.6 is 0 Å². The second kappa shape index (κ2) is 7.60. The zero-order valence-corrected chi connectivity index (χ0v) is 14.0. The lowest BCUT2D eigenvalue weighted by molar-refractivity contribution is -0.125. The number of hydrogen-bond acceptors (Lipinski definition) is 2. The molecule has 21 heavy (non-hydrogen) atoms. The molecule has 1 aromatic rings. The fraction of sp³-hybridized carbons (Fsp3) is 0.611. The van der Waals surface area contributed by atoms with Gasteiger partial charge in [-0.3, -0.25) is 4.79 Å². The lowest BCUT2D eigenvalue weighted by Crippen LogP contribution is -2.40. The fourth-order valence-electron chi connectivity index (χ4n) is 2.22. The zero-order valence-electron chi connectivity index (χ0n) is 14.0. The Hall–Kier alpha value is -1.35. The molecule has 0 spiro atoms. The molecule has 118 valence electrons. The standard InChI is InChI=1S/C18H30N2O/c1-13(11-12-18(3,4)5)20-17(21)14(2)16(19)15-9-7-6-8-10-15/h6-10,13-14,16H,11-12,19H2,1-5H3,(H,20,21). The van der Waals surface area contributed by atoms with Gasteiger partial charge in [0.15, 0.2) is 0 Å². The van der Waals surface area contributed by atoms with Gasteiger partial charge in [0.2, 0.25) is 5.91 Å². The van der Waals surface area contributed by atoms with Crippen molar-refractivity contribution in [2.24, 2.45) is 17.1 Å². The summed E-state index contributed by atoms with van der Waals surface area (Å²) in [6.45, 7) is 10.6. The van der Waals surface area contributed by atoms with Crippen LogP contribution in [0.2, 0.25) is 0 Å². The molecule has 3 N–H and O–H groups in total. The number of amides is 1. The van der Waals surface area contributed by atoms with E-state index in [1.54, 1.807) is 0 Å². The van der Waals surface area contributed by atoms with E-state index in [4.69, 9.17) is 5.73 Å². The SMILES string of the molecule is CC(CCC(C)(C)C)NC(=O)C(C)C(N)c1ccccc1. The third-order valence-electron chi connectivity index (χ3n) is 3.85. The molecule has 3 atom stereocenters. The van der Waals surface area contributed by atoms with E-state index in [1.165, 1.54) is 0 Å². The van der Waals surface area contributed by atoms with Crippen LogP contribution in [0.5, 0.6) is 0 Å². The highest BCUT2D eigenvalue weighted by atomic mass is 16.1. The van der Waals surface area contributed by atoms with E-state index in [0.29, 0.717) is 5.41 Å². The van der Waals surface area contributed by atoms with Gasteiger partial charge in [0.05, 0.1) is 5.92 Å². The highest BCUT2D eigenvalue weighted by Gasteiger charge is 2.23. The van der Waals surface area contributed by atoms with Gasteiger partial charge in [0, 0.05) is 12.1 Å². The molecule has 0 fully saturated rings. The minimum absolute atomic E-state index is 0.0350. The summed E-state index contributed by atoms with van der Waals surface area (Å²) in [6, 6.07) is 9.71. The molecule has 0 aliphatic carbocycles. The molecule has 0 heterocycles. The van der Waals surface area contributed by atoms with Gasteiger partial charge in [0.25, 0.3) is 0 Å². The van der Waals surface area contributed by atoms with E-state index in [1.807, 2.05) is 37.3 Å². The first-order chi connectivity index (χ1) is 9.70. The van der Waals surface area contributed by atoms with Crippen LogP contribution in [0.15, 0.2) is 30.3 Å². The minimum atomic E-state index is -0.263. The minimum Gasteiger partial charge on any atom is -0.353 e. The fourth-order valence-corrected chi connectivity index (χ4v) is 2.22. The van der Waals surface area contributed by atoms with Crippen LogP contribution < -0.4 is 11.1 Å². The summed E-state index contributed by atoms with van der Waals surface area (Å²) in [6.07, 6.45) is 2.08. The quantitative estimate of drug-likeness (QED) is 0.840. The maximum Gasteiger partial charge on any atom is 0.224 e. The molecular formula is C18H30N2O. The van der Waals surface area contributed by atoms with Crippen LogP contribution in [0.4, 0.5) is 0 Å². The molecule has 3 heteroatoms. The zero-order chi connectivity index (χ0) is 16.0. The van der Waals surface area contributed by atoms with Crippen molar-refractivity contribution in [3.05, 3.63) is 35.9 Å². The summed E-state index contributed by atoms with van der Waals surface area (Å²) in [5.74, 6) is -0.197. The van der Waals surface area contributed by atoms with E-state index < -0.39 is 0 Å². The summed E-state index contributed by atoms with van der Waals surface area (Å²) in [5.41, 5.74) is 7.50. The molecule has 0 aliphatic heterocycles. The monoisotopic (exact) mass is 290 g/mol. The van der Waals surface area contributed by atoms with Crippen molar-refractivity contribution < 1.29 is 4.79 Å².